The Balaban J connectivity index is 0.000000577. The molecule has 0 bridgehead atoms. The first-order chi connectivity index (χ1) is 12.5. The third kappa shape index (κ3) is 11.9. The lowest BCUT2D eigenvalue weighted by Gasteiger charge is -2.39. The van der Waals surface area contributed by atoms with E-state index in [2.05, 4.69) is 71.1 Å². The average molecular weight is 379 g/mol. The fourth-order valence-electron chi connectivity index (χ4n) is 3.48. The smallest absolute Gasteiger partial charge is 0.0786 e. The zero-order valence-corrected chi connectivity index (χ0v) is 20.1. The summed E-state index contributed by atoms with van der Waals surface area (Å²) < 4.78 is 1.42. The van der Waals surface area contributed by atoms with Crippen LogP contribution >= 0.6 is 0 Å². The summed E-state index contributed by atoms with van der Waals surface area (Å²) in [6.45, 7) is 19.7. The van der Waals surface area contributed by atoms with E-state index < -0.39 is 8.80 Å². The van der Waals surface area contributed by atoms with Gasteiger partial charge in [-0.25, -0.2) is 0 Å². The van der Waals surface area contributed by atoms with E-state index in [0.717, 1.165) is 0 Å². The standard InChI is InChI=1S/C16H36N.C8H12Si/c1-5-9-13-17(14-10-6-2,15-11-7-3)16-12-8-4;1-9(2)8-6-4-3-5-7-8/h5-16H2,1-4H3;3-7,9H,1-2H3/q+1;. The van der Waals surface area contributed by atoms with Crippen LogP contribution in [0, 0.1) is 0 Å². The molecule has 1 aromatic rings. The molecule has 0 amide bonds. The van der Waals surface area contributed by atoms with Gasteiger partial charge in [0.15, 0.2) is 0 Å². The third-order valence-corrected chi connectivity index (χ3v) is 7.13. The molecule has 0 aliphatic carbocycles. The van der Waals surface area contributed by atoms with Crippen molar-refractivity contribution in [2.75, 3.05) is 26.2 Å². The predicted molar refractivity (Wildman–Crippen MR) is 124 cm³/mol. The number of nitrogens with zero attached hydrogens (tertiary/aromatic N) is 1. The summed E-state index contributed by atoms with van der Waals surface area (Å²) in [5.74, 6) is 0. The van der Waals surface area contributed by atoms with Crippen molar-refractivity contribution in [1.29, 1.82) is 0 Å². The van der Waals surface area contributed by atoms with Gasteiger partial charge in [0.25, 0.3) is 0 Å². The van der Waals surface area contributed by atoms with Crippen molar-refractivity contribution in [1.82, 2.24) is 0 Å². The fraction of sp³-hybridized carbons (Fsp3) is 0.750. The molecule has 0 heterocycles. The second kappa shape index (κ2) is 16.6. The van der Waals surface area contributed by atoms with Gasteiger partial charge in [0, 0.05) is 0 Å². The molecular weight excluding hydrogens is 330 g/mol. The fourth-order valence-corrected chi connectivity index (χ4v) is 4.47. The Hall–Kier alpha value is -0.603. The molecule has 0 saturated carbocycles. The van der Waals surface area contributed by atoms with E-state index in [1.54, 1.807) is 5.19 Å². The molecule has 0 spiro atoms. The van der Waals surface area contributed by atoms with Gasteiger partial charge in [-0.05, 0) is 25.7 Å². The lowest BCUT2D eigenvalue weighted by molar-refractivity contribution is -0.929. The number of hydrogen-bond acceptors (Lipinski definition) is 0. The molecule has 2 heteroatoms. The first-order valence-corrected chi connectivity index (χ1v) is 14.3. The van der Waals surface area contributed by atoms with Gasteiger partial charge in [0.05, 0.1) is 35.0 Å². The van der Waals surface area contributed by atoms with E-state index in [1.807, 2.05) is 0 Å². The van der Waals surface area contributed by atoms with Crippen LogP contribution in [-0.2, 0) is 0 Å². The van der Waals surface area contributed by atoms with Crippen LogP contribution in [-0.4, -0.2) is 39.5 Å². The molecule has 0 saturated heterocycles. The molecule has 152 valence electrons. The molecule has 1 nitrogen and oxygen atoms in total. The molecular formula is C24H48NSi+. The zero-order valence-electron chi connectivity index (χ0n) is 18.9. The van der Waals surface area contributed by atoms with Gasteiger partial charge in [-0.15, -0.1) is 0 Å². The molecule has 0 aliphatic heterocycles. The van der Waals surface area contributed by atoms with E-state index in [0.29, 0.717) is 0 Å². The SMILES string of the molecule is CCCC[N+](CCCC)(CCCC)CCCC.C[SiH](C)c1ccccc1. The highest BCUT2D eigenvalue weighted by molar-refractivity contribution is 6.70. The number of quaternary nitrogens is 1. The van der Waals surface area contributed by atoms with E-state index in [1.165, 1.54) is 82.0 Å². The summed E-state index contributed by atoms with van der Waals surface area (Å²) >= 11 is 0. The molecule has 0 aromatic heterocycles. The first kappa shape index (κ1) is 25.4. The first-order valence-electron chi connectivity index (χ1n) is 11.4. The number of benzene rings is 1. The summed E-state index contributed by atoms with van der Waals surface area (Å²) in [5, 5.41) is 1.55. The maximum Gasteiger partial charge on any atom is 0.0786 e. The normalized spacial score (nSPS) is 11.3. The van der Waals surface area contributed by atoms with Crippen LogP contribution in [0.3, 0.4) is 0 Å². The lowest BCUT2D eigenvalue weighted by atomic mass is 10.1. The van der Waals surface area contributed by atoms with Crippen molar-refractivity contribution in [3.63, 3.8) is 0 Å². The highest BCUT2D eigenvalue weighted by Crippen LogP contribution is 2.16. The quantitative estimate of drug-likeness (QED) is 0.276. The predicted octanol–water partition coefficient (Wildman–Crippen LogP) is 6.38. The van der Waals surface area contributed by atoms with Crippen molar-refractivity contribution >= 4 is 14.0 Å². The highest BCUT2D eigenvalue weighted by Gasteiger charge is 2.24. The number of rotatable bonds is 13. The average Bonchev–Trinajstić information content (AvgIpc) is 2.68. The largest absolute Gasteiger partial charge is 0.324 e. The van der Waals surface area contributed by atoms with Gasteiger partial charge in [0.1, 0.15) is 0 Å². The van der Waals surface area contributed by atoms with Crippen LogP contribution in [0.2, 0.25) is 13.1 Å². The lowest BCUT2D eigenvalue weighted by Crippen LogP contribution is -2.50. The third-order valence-electron chi connectivity index (χ3n) is 5.41. The Morgan fingerprint density at radius 1 is 0.615 bits per heavy atom. The molecule has 0 radical (unpaired) electrons. The molecule has 0 fully saturated rings. The Morgan fingerprint density at radius 3 is 1.19 bits per heavy atom. The maximum atomic E-state index is 2.34. The van der Waals surface area contributed by atoms with Gasteiger partial charge in [-0.2, -0.15) is 0 Å². The van der Waals surface area contributed by atoms with Gasteiger partial charge in [-0.3, -0.25) is 0 Å². The molecule has 1 aromatic carbocycles. The van der Waals surface area contributed by atoms with Crippen molar-refractivity contribution in [2.45, 2.75) is 92.2 Å². The highest BCUT2D eigenvalue weighted by atomic mass is 28.3. The minimum Gasteiger partial charge on any atom is -0.324 e. The topological polar surface area (TPSA) is 0 Å². The van der Waals surface area contributed by atoms with Crippen LogP contribution in [0.4, 0.5) is 0 Å². The van der Waals surface area contributed by atoms with Crippen LogP contribution in [0.5, 0.6) is 0 Å². The molecule has 26 heavy (non-hydrogen) atoms. The monoisotopic (exact) mass is 378 g/mol. The molecule has 0 atom stereocenters. The Kier molecular flexibility index (Phi) is 16.2. The molecule has 0 aliphatic rings. The van der Waals surface area contributed by atoms with Crippen molar-refractivity contribution in [3.05, 3.63) is 30.3 Å². The van der Waals surface area contributed by atoms with Crippen molar-refractivity contribution in [2.24, 2.45) is 0 Å². The number of hydrogen-bond donors (Lipinski definition) is 0. The van der Waals surface area contributed by atoms with Crippen LogP contribution in [0.1, 0.15) is 79.1 Å². The second-order valence-electron chi connectivity index (χ2n) is 8.22. The molecule has 0 unspecified atom stereocenters. The summed E-state index contributed by atoms with van der Waals surface area (Å²) in [6, 6.07) is 10.7. The van der Waals surface area contributed by atoms with E-state index >= 15 is 0 Å². The van der Waals surface area contributed by atoms with Crippen molar-refractivity contribution in [3.8, 4) is 0 Å². The Morgan fingerprint density at radius 2 is 0.962 bits per heavy atom. The maximum absolute atomic E-state index is 2.34. The van der Waals surface area contributed by atoms with E-state index in [9.17, 15) is 0 Å². The van der Waals surface area contributed by atoms with Gasteiger partial charge >= 0.3 is 0 Å². The van der Waals surface area contributed by atoms with E-state index in [-0.39, 0.29) is 0 Å². The van der Waals surface area contributed by atoms with Gasteiger partial charge in [-0.1, -0.05) is 102 Å². The van der Waals surface area contributed by atoms with Crippen LogP contribution < -0.4 is 5.19 Å². The Bertz CT molecular complexity index is 364. The van der Waals surface area contributed by atoms with Crippen molar-refractivity contribution < 1.29 is 4.48 Å². The summed E-state index contributed by atoms with van der Waals surface area (Å²) in [5.41, 5.74) is 0. The van der Waals surface area contributed by atoms with Gasteiger partial charge < -0.3 is 4.48 Å². The summed E-state index contributed by atoms with van der Waals surface area (Å²) in [7, 11) is -0.529. The summed E-state index contributed by atoms with van der Waals surface area (Å²) in [6.07, 6.45) is 11.1. The van der Waals surface area contributed by atoms with E-state index in [4.69, 9.17) is 0 Å². The summed E-state index contributed by atoms with van der Waals surface area (Å²) in [4.78, 5) is 0. The molecule has 0 N–H and O–H groups in total. The molecule has 1 rings (SSSR count). The minimum atomic E-state index is -0.529. The Labute approximate surface area is 167 Å². The number of unbranched alkanes of at least 4 members (excludes halogenated alkanes) is 4. The second-order valence-corrected chi connectivity index (χ2v) is 11.2. The zero-order chi connectivity index (χ0) is 19.7. The van der Waals surface area contributed by atoms with Gasteiger partial charge in [0.2, 0.25) is 0 Å². The minimum absolute atomic E-state index is 0.529. The van der Waals surface area contributed by atoms with Crippen LogP contribution in [0.25, 0.3) is 0 Å². The van der Waals surface area contributed by atoms with Crippen LogP contribution in [0.15, 0.2) is 30.3 Å².